The van der Waals surface area contributed by atoms with E-state index in [4.69, 9.17) is 0 Å². The molecule has 0 unspecified atom stereocenters. The third-order valence-electron chi connectivity index (χ3n) is 1.18. The normalized spacial score (nSPS) is 15.7. The highest BCUT2D eigenvalue weighted by Gasteiger charge is 2.12. The van der Waals surface area contributed by atoms with Crippen molar-refractivity contribution in [2.75, 3.05) is 13.2 Å². The Bertz CT molecular complexity index is 216. The molecule has 0 fully saturated rings. The van der Waals surface area contributed by atoms with Gasteiger partial charge in [-0.15, -0.1) is 0 Å². The average Bonchev–Trinajstić information content (AvgIpc) is 2.31. The fourth-order valence-electron chi connectivity index (χ4n) is 0.691. The molecule has 0 N–H and O–H groups in total. The first-order chi connectivity index (χ1) is 5.18. The zero-order valence-corrected chi connectivity index (χ0v) is 6.12. The minimum atomic E-state index is -0.368. The molecule has 1 heterocycles. The predicted molar refractivity (Wildman–Crippen MR) is 35.7 cm³/mol. The Hall–Kier alpha value is -1.32. The van der Waals surface area contributed by atoms with Crippen molar-refractivity contribution in [3.05, 3.63) is 11.6 Å². The van der Waals surface area contributed by atoms with Gasteiger partial charge in [0.15, 0.2) is 0 Å². The lowest BCUT2D eigenvalue weighted by molar-refractivity contribution is -0.140. The second-order valence-electron chi connectivity index (χ2n) is 2.19. The summed E-state index contributed by atoms with van der Waals surface area (Å²) >= 11 is 0. The molecule has 0 aromatic rings. The van der Waals surface area contributed by atoms with Crippen LogP contribution in [-0.2, 0) is 19.1 Å². The van der Waals surface area contributed by atoms with Crippen LogP contribution in [0.25, 0.3) is 0 Å². The molecule has 0 atom stereocenters. The van der Waals surface area contributed by atoms with Gasteiger partial charge in [0.1, 0.15) is 13.2 Å². The van der Waals surface area contributed by atoms with Crippen molar-refractivity contribution in [3.8, 4) is 0 Å². The number of cyclic esters (lactones) is 1. The maximum absolute atomic E-state index is 10.5. The summed E-state index contributed by atoms with van der Waals surface area (Å²) in [6.45, 7) is 1.71. The molecule has 0 aromatic heterocycles. The topological polar surface area (TPSA) is 52.6 Å². The van der Waals surface area contributed by atoms with E-state index in [9.17, 15) is 9.59 Å². The summed E-state index contributed by atoms with van der Waals surface area (Å²) in [6.07, 6.45) is 1.34. The molecule has 60 valence electrons. The Kier molecular flexibility index (Phi) is 2.25. The molecule has 0 spiro atoms. The molecule has 0 saturated heterocycles. The first-order valence-corrected chi connectivity index (χ1v) is 3.18. The predicted octanol–water partition coefficient (Wildman–Crippen LogP) is 0.0327. The van der Waals surface area contributed by atoms with Gasteiger partial charge in [-0.2, -0.15) is 0 Å². The lowest BCUT2D eigenvalue weighted by Crippen LogP contribution is -2.04. The Morgan fingerprint density at radius 1 is 1.82 bits per heavy atom. The van der Waals surface area contributed by atoms with Gasteiger partial charge in [-0.3, -0.25) is 4.79 Å². The molecule has 4 heteroatoms. The van der Waals surface area contributed by atoms with E-state index in [2.05, 4.69) is 9.47 Å². The minimum Gasteiger partial charge on any atom is -0.461 e. The first-order valence-electron chi connectivity index (χ1n) is 3.18. The Balaban J connectivity index is 2.33. The van der Waals surface area contributed by atoms with Crippen LogP contribution in [0.2, 0.25) is 0 Å². The Morgan fingerprint density at radius 3 is 3.00 bits per heavy atom. The van der Waals surface area contributed by atoms with Gasteiger partial charge in [0.2, 0.25) is 0 Å². The highest BCUT2D eigenvalue weighted by Crippen LogP contribution is 2.05. The molecule has 0 aliphatic carbocycles. The number of hydrogen-bond acceptors (Lipinski definition) is 4. The van der Waals surface area contributed by atoms with Crippen LogP contribution in [0.1, 0.15) is 6.92 Å². The van der Waals surface area contributed by atoms with E-state index in [-0.39, 0.29) is 25.2 Å². The molecule has 0 bridgehead atoms. The minimum absolute atomic E-state index is 0.154. The second kappa shape index (κ2) is 3.18. The molecule has 1 aliphatic rings. The van der Waals surface area contributed by atoms with E-state index < -0.39 is 0 Å². The second-order valence-corrected chi connectivity index (χ2v) is 2.19. The monoisotopic (exact) mass is 156 g/mol. The quantitative estimate of drug-likeness (QED) is 0.529. The Labute approximate surface area is 63.8 Å². The van der Waals surface area contributed by atoms with Crippen molar-refractivity contribution in [2.24, 2.45) is 0 Å². The van der Waals surface area contributed by atoms with E-state index in [0.29, 0.717) is 5.57 Å². The molecule has 0 aromatic carbocycles. The lowest BCUT2D eigenvalue weighted by atomic mass is 10.3. The van der Waals surface area contributed by atoms with Gasteiger partial charge in [-0.05, 0) is 0 Å². The van der Waals surface area contributed by atoms with Gasteiger partial charge < -0.3 is 9.47 Å². The van der Waals surface area contributed by atoms with Crippen LogP contribution in [0.5, 0.6) is 0 Å². The average molecular weight is 156 g/mol. The van der Waals surface area contributed by atoms with Crippen LogP contribution in [-0.4, -0.2) is 25.2 Å². The summed E-state index contributed by atoms with van der Waals surface area (Å²) < 4.78 is 9.21. The summed E-state index contributed by atoms with van der Waals surface area (Å²) in [5.41, 5.74) is 0.699. The highest BCUT2D eigenvalue weighted by atomic mass is 16.5. The SMILES string of the molecule is CC(=O)OCC1=CC(=O)OC1. The molecule has 1 aliphatic heterocycles. The summed E-state index contributed by atoms with van der Waals surface area (Å²) in [7, 11) is 0. The number of esters is 2. The van der Waals surface area contributed by atoms with E-state index in [1.165, 1.54) is 13.0 Å². The maximum atomic E-state index is 10.5. The molecule has 0 saturated carbocycles. The van der Waals surface area contributed by atoms with Gasteiger partial charge in [0, 0.05) is 18.6 Å². The zero-order chi connectivity index (χ0) is 8.27. The summed E-state index contributed by atoms with van der Waals surface area (Å²) in [4.78, 5) is 20.8. The van der Waals surface area contributed by atoms with Crippen molar-refractivity contribution in [1.29, 1.82) is 0 Å². The van der Waals surface area contributed by atoms with Gasteiger partial charge in [0.05, 0.1) is 0 Å². The molecule has 4 nitrogen and oxygen atoms in total. The Morgan fingerprint density at radius 2 is 2.55 bits per heavy atom. The van der Waals surface area contributed by atoms with Crippen LogP contribution in [0.4, 0.5) is 0 Å². The summed E-state index contributed by atoms with van der Waals surface area (Å²) in [6, 6.07) is 0. The van der Waals surface area contributed by atoms with Crippen LogP contribution in [0, 0.1) is 0 Å². The van der Waals surface area contributed by atoms with Crippen LogP contribution in [0.3, 0.4) is 0 Å². The van der Waals surface area contributed by atoms with E-state index >= 15 is 0 Å². The largest absolute Gasteiger partial charge is 0.461 e. The van der Waals surface area contributed by atoms with Gasteiger partial charge in [-0.25, -0.2) is 4.79 Å². The van der Waals surface area contributed by atoms with Gasteiger partial charge in [0.25, 0.3) is 0 Å². The first kappa shape index (κ1) is 7.78. The van der Waals surface area contributed by atoms with Crippen molar-refractivity contribution in [3.63, 3.8) is 0 Å². The summed E-state index contributed by atoms with van der Waals surface area (Å²) in [5.74, 6) is -0.725. The fraction of sp³-hybridized carbons (Fsp3) is 0.429. The van der Waals surface area contributed by atoms with E-state index in [0.717, 1.165) is 0 Å². The van der Waals surface area contributed by atoms with Crippen LogP contribution >= 0.6 is 0 Å². The number of rotatable bonds is 2. The smallest absolute Gasteiger partial charge is 0.331 e. The van der Waals surface area contributed by atoms with Crippen molar-refractivity contribution >= 4 is 11.9 Å². The third kappa shape index (κ3) is 2.41. The fourth-order valence-corrected chi connectivity index (χ4v) is 0.691. The number of carbonyl (C=O) groups is 2. The maximum Gasteiger partial charge on any atom is 0.331 e. The van der Waals surface area contributed by atoms with Gasteiger partial charge in [-0.1, -0.05) is 0 Å². The van der Waals surface area contributed by atoms with Crippen LogP contribution in [0.15, 0.2) is 11.6 Å². The van der Waals surface area contributed by atoms with Gasteiger partial charge >= 0.3 is 11.9 Å². The standard InChI is InChI=1S/C7H8O4/c1-5(8)10-3-6-2-7(9)11-4-6/h2H,3-4H2,1H3. The van der Waals surface area contributed by atoms with Crippen LogP contribution < -0.4 is 0 Å². The van der Waals surface area contributed by atoms with Crippen molar-refractivity contribution < 1.29 is 19.1 Å². The third-order valence-corrected chi connectivity index (χ3v) is 1.18. The van der Waals surface area contributed by atoms with E-state index in [1.807, 2.05) is 0 Å². The summed E-state index contributed by atoms with van der Waals surface area (Å²) in [5, 5.41) is 0. The van der Waals surface area contributed by atoms with Crippen molar-refractivity contribution in [1.82, 2.24) is 0 Å². The zero-order valence-electron chi connectivity index (χ0n) is 6.12. The van der Waals surface area contributed by atoms with E-state index in [1.54, 1.807) is 0 Å². The molecular weight excluding hydrogens is 148 g/mol. The molecule has 0 amide bonds. The molecule has 11 heavy (non-hydrogen) atoms. The molecule has 0 radical (unpaired) electrons. The number of ether oxygens (including phenoxy) is 2. The number of hydrogen-bond donors (Lipinski definition) is 0. The number of carbonyl (C=O) groups excluding carboxylic acids is 2. The van der Waals surface area contributed by atoms with Crippen molar-refractivity contribution in [2.45, 2.75) is 6.92 Å². The molecular formula is C7H8O4. The highest BCUT2D eigenvalue weighted by molar-refractivity contribution is 5.85. The molecule has 1 rings (SSSR count). The lowest BCUT2D eigenvalue weighted by Gasteiger charge is -1.99.